The molecule has 1 N–H and O–H groups in total. The van der Waals surface area contributed by atoms with Crippen LogP contribution in [0.2, 0.25) is 0 Å². The molecule has 2 aliphatic rings. The van der Waals surface area contributed by atoms with Crippen molar-refractivity contribution in [2.75, 3.05) is 43.2 Å². The maximum Gasteiger partial charge on any atom is 0.321 e. The second kappa shape index (κ2) is 7.59. The molecule has 1 saturated heterocycles. The van der Waals surface area contributed by atoms with E-state index in [2.05, 4.69) is 20.2 Å². The number of urea groups is 1. The highest BCUT2D eigenvalue weighted by Crippen LogP contribution is 2.38. The van der Waals surface area contributed by atoms with Crippen LogP contribution in [0.3, 0.4) is 0 Å². The van der Waals surface area contributed by atoms with Crippen LogP contribution in [0.1, 0.15) is 0 Å². The molecule has 3 aromatic rings. The fourth-order valence-electron chi connectivity index (χ4n) is 3.67. The van der Waals surface area contributed by atoms with Gasteiger partial charge in [0.25, 0.3) is 5.69 Å². The minimum Gasteiger partial charge on any atom is -0.454 e. The van der Waals surface area contributed by atoms with Crippen LogP contribution < -0.4 is 19.7 Å². The zero-order valence-electron chi connectivity index (χ0n) is 16.4. The first-order valence-electron chi connectivity index (χ1n) is 9.68. The monoisotopic (exact) mass is 422 g/mol. The number of hydrogen-bond acceptors (Lipinski definition) is 8. The molecule has 11 nitrogen and oxygen atoms in total. The molecule has 0 bridgehead atoms. The highest BCUT2D eigenvalue weighted by Gasteiger charge is 2.25. The second-order valence-electron chi connectivity index (χ2n) is 7.13. The lowest BCUT2D eigenvalue weighted by Gasteiger charge is -2.35. The van der Waals surface area contributed by atoms with E-state index < -0.39 is 4.92 Å². The zero-order chi connectivity index (χ0) is 21.4. The van der Waals surface area contributed by atoms with E-state index in [9.17, 15) is 14.9 Å². The Bertz CT molecular complexity index is 1160. The molecule has 0 atom stereocenters. The Labute approximate surface area is 176 Å². The van der Waals surface area contributed by atoms with E-state index in [0.717, 1.165) is 16.7 Å². The van der Waals surface area contributed by atoms with E-state index in [-0.39, 0.29) is 18.5 Å². The largest absolute Gasteiger partial charge is 0.454 e. The van der Waals surface area contributed by atoms with Gasteiger partial charge in [0.15, 0.2) is 11.5 Å². The number of amides is 2. The molecule has 1 fully saturated rings. The van der Waals surface area contributed by atoms with Crippen LogP contribution in [0.4, 0.5) is 22.0 Å². The van der Waals surface area contributed by atoms with Crippen LogP contribution in [0, 0.1) is 10.1 Å². The maximum atomic E-state index is 12.6. The van der Waals surface area contributed by atoms with Crippen molar-refractivity contribution in [2.24, 2.45) is 0 Å². The minimum atomic E-state index is -0.477. The summed E-state index contributed by atoms with van der Waals surface area (Å²) in [7, 11) is 0. The Hall–Kier alpha value is -4.15. The number of piperazine rings is 1. The normalized spacial score (nSPS) is 15.2. The first-order valence-corrected chi connectivity index (χ1v) is 9.68. The van der Waals surface area contributed by atoms with Gasteiger partial charge >= 0.3 is 6.03 Å². The summed E-state index contributed by atoms with van der Waals surface area (Å²) in [6.07, 6.45) is 1.52. The predicted octanol–water partition coefficient (Wildman–Crippen LogP) is 2.62. The Kier molecular flexibility index (Phi) is 4.62. The summed E-state index contributed by atoms with van der Waals surface area (Å²) in [5.74, 6) is 2.13. The smallest absolute Gasteiger partial charge is 0.321 e. The zero-order valence-corrected chi connectivity index (χ0v) is 16.4. The third-order valence-corrected chi connectivity index (χ3v) is 5.30. The van der Waals surface area contributed by atoms with Crippen molar-refractivity contribution in [1.82, 2.24) is 14.9 Å². The quantitative estimate of drug-likeness (QED) is 0.505. The molecule has 31 heavy (non-hydrogen) atoms. The van der Waals surface area contributed by atoms with Gasteiger partial charge in [-0.2, -0.15) is 0 Å². The van der Waals surface area contributed by atoms with Crippen molar-refractivity contribution in [2.45, 2.75) is 0 Å². The lowest BCUT2D eigenvalue weighted by atomic mass is 10.2. The van der Waals surface area contributed by atoms with Gasteiger partial charge in [-0.3, -0.25) is 10.1 Å². The number of rotatable bonds is 3. The number of nitro benzene ring substituents is 1. The first-order chi connectivity index (χ1) is 15.1. The van der Waals surface area contributed by atoms with Crippen LogP contribution in [-0.2, 0) is 0 Å². The molecule has 2 aliphatic heterocycles. The van der Waals surface area contributed by atoms with E-state index >= 15 is 0 Å². The number of hydrogen-bond donors (Lipinski definition) is 1. The number of fused-ring (bicyclic) bond motifs is 2. The average molecular weight is 422 g/mol. The Morgan fingerprint density at radius 1 is 1.03 bits per heavy atom. The van der Waals surface area contributed by atoms with Crippen molar-refractivity contribution in [3.8, 4) is 11.5 Å². The Morgan fingerprint density at radius 2 is 1.74 bits per heavy atom. The van der Waals surface area contributed by atoms with Gasteiger partial charge in [-0.1, -0.05) is 0 Å². The summed E-state index contributed by atoms with van der Waals surface area (Å²) in [4.78, 5) is 35.5. The molecule has 0 saturated carbocycles. The van der Waals surface area contributed by atoms with Crippen molar-refractivity contribution >= 4 is 34.1 Å². The van der Waals surface area contributed by atoms with E-state index in [1.165, 1.54) is 30.6 Å². The fraction of sp³-hybridized carbons (Fsp3) is 0.250. The fourth-order valence-corrected chi connectivity index (χ4v) is 3.67. The number of carbonyl (C=O) groups is 1. The van der Waals surface area contributed by atoms with Gasteiger partial charge in [0.2, 0.25) is 6.79 Å². The summed E-state index contributed by atoms with van der Waals surface area (Å²) >= 11 is 0. The molecule has 2 amide bonds. The minimum absolute atomic E-state index is 0.0219. The molecule has 3 heterocycles. The highest BCUT2D eigenvalue weighted by atomic mass is 16.7. The molecule has 2 aromatic carbocycles. The predicted molar refractivity (Wildman–Crippen MR) is 112 cm³/mol. The molecule has 1 aromatic heterocycles. The number of aromatic nitrogens is 2. The average Bonchev–Trinajstić information content (AvgIpc) is 3.25. The van der Waals surface area contributed by atoms with Crippen molar-refractivity contribution in [3.05, 3.63) is 52.8 Å². The number of anilines is 2. The molecule has 158 valence electrons. The number of benzene rings is 2. The number of nitrogens with zero attached hydrogens (tertiary/aromatic N) is 5. The molecule has 5 rings (SSSR count). The lowest BCUT2D eigenvalue weighted by molar-refractivity contribution is -0.384. The van der Waals surface area contributed by atoms with Crippen molar-refractivity contribution in [1.29, 1.82) is 0 Å². The Morgan fingerprint density at radius 3 is 2.45 bits per heavy atom. The number of ether oxygens (including phenoxy) is 2. The SMILES string of the molecule is O=C(Nc1ccc([N+](=O)[O-])cc1)N1CCN(c2ncnc3cc4c(cc23)OCO4)CC1. The summed E-state index contributed by atoms with van der Waals surface area (Å²) < 4.78 is 10.9. The third kappa shape index (κ3) is 3.61. The number of nitro groups is 1. The van der Waals surface area contributed by atoms with Gasteiger partial charge in [0.1, 0.15) is 12.1 Å². The van der Waals surface area contributed by atoms with Crippen molar-refractivity contribution < 1.29 is 19.2 Å². The van der Waals surface area contributed by atoms with Gasteiger partial charge in [-0.05, 0) is 18.2 Å². The van der Waals surface area contributed by atoms with E-state index in [1.54, 1.807) is 4.90 Å². The third-order valence-electron chi connectivity index (χ3n) is 5.30. The molecule has 0 aliphatic carbocycles. The lowest BCUT2D eigenvalue weighted by Crippen LogP contribution is -2.50. The van der Waals surface area contributed by atoms with Gasteiger partial charge in [0.05, 0.1) is 10.4 Å². The van der Waals surface area contributed by atoms with E-state index in [1.807, 2.05) is 12.1 Å². The molecular weight excluding hydrogens is 404 g/mol. The topological polar surface area (TPSA) is 123 Å². The van der Waals surface area contributed by atoms with E-state index in [4.69, 9.17) is 9.47 Å². The van der Waals surface area contributed by atoms with Gasteiger partial charge in [0, 0.05) is 55.5 Å². The van der Waals surface area contributed by atoms with Crippen LogP contribution >= 0.6 is 0 Å². The number of nitrogens with one attached hydrogen (secondary N) is 1. The highest BCUT2D eigenvalue weighted by molar-refractivity contribution is 5.93. The van der Waals surface area contributed by atoms with Crippen LogP contribution in [0.5, 0.6) is 11.5 Å². The van der Waals surface area contributed by atoms with Crippen LogP contribution in [0.15, 0.2) is 42.7 Å². The summed E-state index contributed by atoms with van der Waals surface area (Å²) in [5, 5.41) is 14.4. The van der Waals surface area contributed by atoms with Crippen LogP contribution in [-0.4, -0.2) is 58.8 Å². The van der Waals surface area contributed by atoms with Gasteiger partial charge in [-0.15, -0.1) is 0 Å². The molecule has 0 spiro atoms. The Balaban J connectivity index is 1.26. The summed E-state index contributed by atoms with van der Waals surface area (Å²) in [5.41, 5.74) is 1.26. The number of non-ortho nitro benzene ring substituents is 1. The van der Waals surface area contributed by atoms with E-state index in [0.29, 0.717) is 43.4 Å². The summed E-state index contributed by atoms with van der Waals surface area (Å²) in [6.45, 7) is 2.42. The van der Waals surface area contributed by atoms with Gasteiger partial charge in [-0.25, -0.2) is 14.8 Å². The second-order valence-corrected chi connectivity index (χ2v) is 7.13. The first kappa shape index (κ1) is 18.9. The maximum absolute atomic E-state index is 12.6. The molecular formula is C20H18N6O5. The van der Waals surface area contributed by atoms with Crippen molar-refractivity contribution in [3.63, 3.8) is 0 Å². The van der Waals surface area contributed by atoms with Gasteiger partial charge < -0.3 is 24.6 Å². The number of carbonyl (C=O) groups excluding carboxylic acids is 1. The molecule has 11 heteroatoms. The standard InChI is InChI=1S/C20H18N6O5/c27-20(23-13-1-3-14(4-2-13)26(28)29)25-7-5-24(6-8-25)19-15-9-17-18(31-12-30-17)10-16(15)21-11-22-19/h1-4,9-11H,5-8,12H2,(H,23,27). The summed E-state index contributed by atoms with van der Waals surface area (Å²) in [6, 6.07) is 9.24. The van der Waals surface area contributed by atoms with Crippen LogP contribution in [0.25, 0.3) is 10.9 Å². The molecule has 0 unspecified atom stereocenters. The molecule has 0 radical (unpaired) electrons.